The Bertz CT molecular complexity index is 719. The summed E-state index contributed by atoms with van der Waals surface area (Å²) in [5.74, 6) is 0.579. The third-order valence-electron chi connectivity index (χ3n) is 3.41. The average molecular weight is 317 g/mol. The first-order chi connectivity index (χ1) is 11.1. The van der Waals surface area contributed by atoms with Gasteiger partial charge in [0, 0.05) is 6.54 Å². The Balaban J connectivity index is 1.55. The van der Waals surface area contributed by atoms with Crippen LogP contribution in [0, 0.1) is 5.82 Å². The van der Waals surface area contributed by atoms with E-state index in [2.05, 4.69) is 5.32 Å². The molecule has 0 aromatic heterocycles. The first-order valence-corrected chi connectivity index (χ1v) is 7.21. The Morgan fingerprint density at radius 2 is 2.04 bits per heavy atom. The molecule has 6 heteroatoms. The van der Waals surface area contributed by atoms with Crippen LogP contribution in [0.5, 0.6) is 17.2 Å². The lowest BCUT2D eigenvalue weighted by Gasteiger charge is -2.15. The molecule has 1 aliphatic rings. The van der Waals surface area contributed by atoms with E-state index in [0.29, 0.717) is 18.0 Å². The Hall–Kier alpha value is -2.76. The molecule has 5 nitrogen and oxygen atoms in total. The van der Waals surface area contributed by atoms with Crippen LogP contribution in [-0.4, -0.2) is 18.8 Å². The summed E-state index contributed by atoms with van der Waals surface area (Å²) >= 11 is 0. The van der Waals surface area contributed by atoms with Gasteiger partial charge in [-0.05, 0) is 36.8 Å². The van der Waals surface area contributed by atoms with Crippen LogP contribution in [-0.2, 0) is 11.3 Å². The number of ether oxygens (including phenoxy) is 3. The number of fused-ring (bicyclic) bond motifs is 1. The lowest BCUT2D eigenvalue weighted by molar-refractivity contribution is -0.127. The van der Waals surface area contributed by atoms with E-state index in [9.17, 15) is 9.18 Å². The van der Waals surface area contributed by atoms with E-state index in [0.717, 1.165) is 5.56 Å². The fourth-order valence-electron chi connectivity index (χ4n) is 2.17. The molecule has 0 fully saturated rings. The minimum atomic E-state index is -0.805. The molecule has 1 heterocycles. The Kier molecular flexibility index (Phi) is 4.32. The van der Waals surface area contributed by atoms with Crippen LogP contribution in [0.3, 0.4) is 0 Å². The number of nitrogens with one attached hydrogen (secondary N) is 1. The molecule has 1 atom stereocenters. The predicted molar refractivity (Wildman–Crippen MR) is 80.9 cm³/mol. The molecule has 1 N–H and O–H groups in total. The number of rotatable bonds is 5. The number of halogens is 1. The number of para-hydroxylation sites is 1. The molecule has 2 aromatic carbocycles. The summed E-state index contributed by atoms with van der Waals surface area (Å²) in [5.41, 5.74) is 0.876. The molecule has 0 unspecified atom stereocenters. The predicted octanol–water partition coefficient (Wildman–Crippen LogP) is 2.64. The van der Waals surface area contributed by atoms with Crippen LogP contribution in [0.1, 0.15) is 12.5 Å². The Labute approximate surface area is 133 Å². The second-order valence-electron chi connectivity index (χ2n) is 5.10. The van der Waals surface area contributed by atoms with Crippen LogP contribution in [0.2, 0.25) is 0 Å². The lowest BCUT2D eigenvalue weighted by Crippen LogP contribution is -2.36. The first kappa shape index (κ1) is 15.1. The zero-order valence-corrected chi connectivity index (χ0v) is 12.5. The molecule has 2 aromatic rings. The van der Waals surface area contributed by atoms with Gasteiger partial charge >= 0.3 is 0 Å². The summed E-state index contributed by atoms with van der Waals surface area (Å²) in [7, 11) is 0. The van der Waals surface area contributed by atoms with Gasteiger partial charge in [-0.1, -0.05) is 18.2 Å². The quantitative estimate of drug-likeness (QED) is 0.921. The van der Waals surface area contributed by atoms with Crippen molar-refractivity contribution < 1.29 is 23.4 Å². The standard InChI is InChI=1S/C17H16FNO4/c1-11(23-14-5-3-2-4-13(14)18)17(20)19-9-12-6-7-15-16(8-12)22-10-21-15/h2-8,11H,9-10H2,1H3,(H,19,20)/t11-/m1/s1. The topological polar surface area (TPSA) is 56.8 Å². The highest BCUT2D eigenvalue weighted by atomic mass is 19.1. The third kappa shape index (κ3) is 3.53. The van der Waals surface area contributed by atoms with Gasteiger partial charge in [-0.15, -0.1) is 0 Å². The highest BCUT2D eigenvalue weighted by Crippen LogP contribution is 2.32. The van der Waals surface area contributed by atoms with Gasteiger partial charge in [0.15, 0.2) is 29.2 Å². The number of amides is 1. The summed E-state index contributed by atoms with van der Waals surface area (Å²) in [5, 5.41) is 2.75. The molecular formula is C17H16FNO4. The maximum absolute atomic E-state index is 13.5. The van der Waals surface area contributed by atoms with Crippen molar-refractivity contribution in [3.8, 4) is 17.2 Å². The molecule has 0 spiro atoms. The molecule has 0 radical (unpaired) electrons. The molecule has 0 aliphatic carbocycles. The van der Waals surface area contributed by atoms with E-state index in [-0.39, 0.29) is 18.4 Å². The van der Waals surface area contributed by atoms with E-state index in [1.165, 1.54) is 12.1 Å². The number of hydrogen-bond acceptors (Lipinski definition) is 4. The molecule has 1 amide bonds. The number of carbonyl (C=O) groups is 1. The maximum atomic E-state index is 13.5. The molecule has 3 rings (SSSR count). The molecule has 23 heavy (non-hydrogen) atoms. The summed E-state index contributed by atoms with van der Waals surface area (Å²) in [6, 6.07) is 11.4. The monoisotopic (exact) mass is 317 g/mol. The second kappa shape index (κ2) is 6.56. The minimum Gasteiger partial charge on any atom is -0.478 e. The number of benzene rings is 2. The van der Waals surface area contributed by atoms with Gasteiger partial charge in [0.2, 0.25) is 6.79 Å². The van der Waals surface area contributed by atoms with Crippen LogP contribution >= 0.6 is 0 Å². The van der Waals surface area contributed by atoms with E-state index in [1.54, 1.807) is 25.1 Å². The van der Waals surface area contributed by atoms with Gasteiger partial charge in [0.25, 0.3) is 5.91 Å². The van der Waals surface area contributed by atoms with Gasteiger partial charge in [0.05, 0.1) is 0 Å². The van der Waals surface area contributed by atoms with Crippen LogP contribution in [0.25, 0.3) is 0 Å². The average Bonchev–Trinajstić information content (AvgIpc) is 3.02. The minimum absolute atomic E-state index is 0.0539. The highest BCUT2D eigenvalue weighted by Gasteiger charge is 2.17. The fourth-order valence-corrected chi connectivity index (χ4v) is 2.17. The van der Waals surface area contributed by atoms with Crippen molar-refractivity contribution in [2.45, 2.75) is 19.6 Å². The summed E-state index contributed by atoms with van der Waals surface area (Å²) in [6.07, 6.45) is -0.805. The van der Waals surface area contributed by atoms with E-state index in [1.807, 2.05) is 12.1 Å². The lowest BCUT2D eigenvalue weighted by atomic mass is 10.2. The third-order valence-corrected chi connectivity index (χ3v) is 3.41. The maximum Gasteiger partial charge on any atom is 0.261 e. The van der Waals surface area contributed by atoms with Crippen LogP contribution in [0.15, 0.2) is 42.5 Å². The van der Waals surface area contributed by atoms with Gasteiger partial charge in [-0.25, -0.2) is 4.39 Å². The number of hydrogen-bond donors (Lipinski definition) is 1. The SMILES string of the molecule is C[C@@H](Oc1ccccc1F)C(=O)NCc1ccc2c(c1)OCO2. The Morgan fingerprint density at radius 1 is 1.26 bits per heavy atom. The molecule has 0 bridgehead atoms. The van der Waals surface area contributed by atoms with E-state index in [4.69, 9.17) is 14.2 Å². The van der Waals surface area contributed by atoms with Crippen LogP contribution < -0.4 is 19.5 Å². The van der Waals surface area contributed by atoms with Crippen molar-refractivity contribution in [2.75, 3.05) is 6.79 Å². The van der Waals surface area contributed by atoms with Crippen molar-refractivity contribution in [2.24, 2.45) is 0 Å². The summed E-state index contributed by atoms with van der Waals surface area (Å²) in [6.45, 7) is 2.10. The van der Waals surface area contributed by atoms with Crippen molar-refractivity contribution in [1.29, 1.82) is 0 Å². The summed E-state index contributed by atoms with van der Waals surface area (Å²) in [4.78, 5) is 12.1. The van der Waals surface area contributed by atoms with E-state index >= 15 is 0 Å². The molecule has 1 aliphatic heterocycles. The molecule has 120 valence electrons. The fraction of sp³-hybridized carbons (Fsp3) is 0.235. The van der Waals surface area contributed by atoms with Crippen molar-refractivity contribution >= 4 is 5.91 Å². The van der Waals surface area contributed by atoms with Crippen LogP contribution in [0.4, 0.5) is 4.39 Å². The van der Waals surface area contributed by atoms with Crippen molar-refractivity contribution in [3.05, 3.63) is 53.8 Å². The second-order valence-corrected chi connectivity index (χ2v) is 5.10. The highest BCUT2D eigenvalue weighted by molar-refractivity contribution is 5.80. The normalized spacial score (nSPS) is 13.5. The smallest absolute Gasteiger partial charge is 0.261 e. The van der Waals surface area contributed by atoms with Crippen molar-refractivity contribution in [3.63, 3.8) is 0 Å². The van der Waals surface area contributed by atoms with Crippen molar-refractivity contribution in [1.82, 2.24) is 5.32 Å². The van der Waals surface area contributed by atoms with Gasteiger partial charge in [-0.2, -0.15) is 0 Å². The Morgan fingerprint density at radius 3 is 2.87 bits per heavy atom. The zero-order valence-electron chi connectivity index (χ0n) is 12.5. The zero-order chi connectivity index (χ0) is 16.2. The summed E-state index contributed by atoms with van der Waals surface area (Å²) < 4.78 is 29.4. The van der Waals surface area contributed by atoms with E-state index < -0.39 is 11.9 Å². The number of carbonyl (C=O) groups excluding carboxylic acids is 1. The molecule has 0 saturated heterocycles. The van der Waals surface area contributed by atoms with Gasteiger partial charge in [-0.3, -0.25) is 4.79 Å². The molecule has 0 saturated carbocycles. The van der Waals surface area contributed by atoms with Gasteiger partial charge < -0.3 is 19.5 Å². The first-order valence-electron chi connectivity index (χ1n) is 7.21. The largest absolute Gasteiger partial charge is 0.478 e. The molecular weight excluding hydrogens is 301 g/mol. The van der Waals surface area contributed by atoms with Gasteiger partial charge in [0.1, 0.15) is 0 Å².